The Bertz CT molecular complexity index is 2080. The van der Waals surface area contributed by atoms with E-state index in [0.29, 0.717) is 27.8 Å². The van der Waals surface area contributed by atoms with Gasteiger partial charge in [-0.3, -0.25) is 14.4 Å². The second kappa shape index (κ2) is 12.1. The van der Waals surface area contributed by atoms with Crippen molar-refractivity contribution in [2.75, 3.05) is 17.2 Å². The molecule has 46 heavy (non-hydrogen) atoms. The maximum Gasteiger partial charge on any atom is 0.247 e. The number of thiazole rings is 1. The van der Waals surface area contributed by atoms with E-state index in [4.69, 9.17) is 4.98 Å². The van der Waals surface area contributed by atoms with Gasteiger partial charge in [-0.15, -0.1) is 11.3 Å². The van der Waals surface area contributed by atoms with Crippen molar-refractivity contribution >= 4 is 67.1 Å². The highest BCUT2D eigenvalue weighted by molar-refractivity contribution is 7.21. The molecule has 3 aromatic carbocycles. The molecule has 4 heterocycles. The fraction of sp³-hybridized carbons (Fsp3) is 0.176. The van der Waals surface area contributed by atoms with Gasteiger partial charge in [0.2, 0.25) is 11.8 Å². The summed E-state index contributed by atoms with van der Waals surface area (Å²) in [7, 11) is 0. The molecule has 1 aliphatic rings. The molecular formula is C34H28FN7O3S. The van der Waals surface area contributed by atoms with Gasteiger partial charge in [0.15, 0.2) is 5.78 Å². The fourth-order valence-corrected chi connectivity index (χ4v) is 6.85. The maximum atomic E-state index is 14.8. The molecule has 2 amide bonds. The largest absolute Gasteiger partial charge is 0.353 e. The number of alkyl halides is 1. The summed E-state index contributed by atoms with van der Waals surface area (Å²) in [6.45, 7) is 1.11. The number of likely N-dealkylation sites (tertiary alicyclic amines) is 1. The number of rotatable bonds is 8. The predicted octanol–water partition coefficient (Wildman–Crippen LogP) is 6.23. The molecule has 3 aromatic heterocycles. The summed E-state index contributed by atoms with van der Waals surface area (Å²) in [6.07, 6.45) is 4.88. The Kier molecular flexibility index (Phi) is 7.71. The summed E-state index contributed by atoms with van der Waals surface area (Å²) in [5, 5.41) is 7.56. The van der Waals surface area contributed by atoms with E-state index in [1.165, 1.54) is 29.5 Å². The first-order valence-electron chi connectivity index (χ1n) is 14.7. The van der Waals surface area contributed by atoms with Gasteiger partial charge in [0.1, 0.15) is 30.1 Å². The van der Waals surface area contributed by atoms with Crippen LogP contribution in [0.1, 0.15) is 23.7 Å². The maximum absolute atomic E-state index is 14.8. The molecule has 0 spiro atoms. The predicted molar refractivity (Wildman–Crippen MR) is 176 cm³/mol. The van der Waals surface area contributed by atoms with Crippen LogP contribution in [0.25, 0.3) is 31.7 Å². The van der Waals surface area contributed by atoms with Crippen molar-refractivity contribution in [3.8, 4) is 10.6 Å². The van der Waals surface area contributed by atoms with Crippen LogP contribution in [0, 0.1) is 0 Å². The van der Waals surface area contributed by atoms with Crippen LogP contribution in [0.4, 0.5) is 21.5 Å². The Labute approximate surface area is 266 Å². The SMILES string of the molecule is CC(=O)c1cn(CC(=O)N2CC(F)CC2C(=O)Nc2ccccc2-c2nc3ccccc3s2)c2ccc(Nc3cncnc3)cc12. The quantitative estimate of drug-likeness (QED) is 0.191. The number of aromatic nitrogens is 4. The van der Waals surface area contributed by atoms with E-state index < -0.39 is 24.0 Å². The lowest BCUT2D eigenvalue weighted by Crippen LogP contribution is -2.44. The van der Waals surface area contributed by atoms with Gasteiger partial charge in [0, 0.05) is 40.3 Å². The molecule has 7 rings (SSSR count). The number of amides is 2. The number of carbonyl (C=O) groups is 3. The lowest BCUT2D eigenvalue weighted by atomic mass is 10.1. The van der Waals surface area contributed by atoms with Gasteiger partial charge < -0.3 is 20.1 Å². The van der Waals surface area contributed by atoms with Crippen molar-refractivity contribution in [3.63, 3.8) is 0 Å². The minimum atomic E-state index is -1.34. The molecule has 6 aromatic rings. The Balaban J connectivity index is 1.12. The summed E-state index contributed by atoms with van der Waals surface area (Å²) < 4.78 is 17.5. The van der Waals surface area contributed by atoms with Crippen LogP contribution in [-0.2, 0) is 16.1 Å². The number of halogens is 1. The van der Waals surface area contributed by atoms with Crippen molar-refractivity contribution < 1.29 is 18.8 Å². The molecule has 2 atom stereocenters. The van der Waals surface area contributed by atoms with E-state index in [1.807, 2.05) is 54.6 Å². The number of hydrogen-bond donors (Lipinski definition) is 2. The molecule has 2 unspecified atom stereocenters. The lowest BCUT2D eigenvalue weighted by molar-refractivity contribution is -0.137. The lowest BCUT2D eigenvalue weighted by Gasteiger charge is -2.24. The summed E-state index contributed by atoms with van der Waals surface area (Å²) in [5.41, 5.74) is 4.65. The molecule has 1 aliphatic heterocycles. The van der Waals surface area contributed by atoms with Crippen molar-refractivity contribution in [3.05, 3.63) is 97.2 Å². The first-order valence-corrected chi connectivity index (χ1v) is 15.5. The number of nitrogens with zero attached hydrogens (tertiary/aromatic N) is 5. The highest BCUT2D eigenvalue weighted by Gasteiger charge is 2.40. The van der Waals surface area contributed by atoms with Gasteiger partial charge in [-0.25, -0.2) is 19.3 Å². The number of carbonyl (C=O) groups excluding carboxylic acids is 3. The summed E-state index contributed by atoms with van der Waals surface area (Å²) >= 11 is 1.51. The molecule has 12 heteroatoms. The Morgan fingerprint density at radius 3 is 2.59 bits per heavy atom. The van der Waals surface area contributed by atoms with E-state index in [1.54, 1.807) is 35.3 Å². The van der Waals surface area contributed by atoms with Crippen molar-refractivity contribution in [2.45, 2.75) is 32.1 Å². The topological polar surface area (TPSA) is 122 Å². The number of para-hydroxylation sites is 2. The molecule has 0 aliphatic carbocycles. The minimum absolute atomic E-state index is 0.107. The second-order valence-electron chi connectivity index (χ2n) is 11.1. The zero-order chi connectivity index (χ0) is 31.8. The van der Waals surface area contributed by atoms with Crippen LogP contribution in [0.3, 0.4) is 0 Å². The number of ketones is 1. The number of hydrogen-bond acceptors (Lipinski definition) is 8. The first kappa shape index (κ1) is 29.2. The van der Waals surface area contributed by atoms with Crippen LogP contribution >= 0.6 is 11.3 Å². The van der Waals surface area contributed by atoms with Crippen LogP contribution < -0.4 is 10.6 Å². The van der Waals surface area contributed by atoms with Crippen molar-refractivity contribution in [1.82, 2.24) is 24.4 Å². The van der Waals surface area contributed by atoms with Gasteiger partial charge >= 0.3 is 0 Å². The highest BCUT2D eigenvalue weighted by Crippen LogP contribution is 2.35. The molecule has 0 saturated carbocycles. The fourth-order valence-electron chi connectivity index (χ4n) is 5.84. The first-order chi connectivity index (χ1) is 22.3. The molecule has 0 radical (unpaired) electrons. The van der Waals surface area contributed by atoms with E-state index in [2.05, 4.69) is 20.6 Å². The third-order valence-electron chi connectivity index (χ3n) is 8.00. The third kappa shape index (κ3) is 5.70. The van der Waals surface area contributed by atoms with Gasteiger partial charge in [-0.2, -0.15) is 0 Å². The average molecular weight is 634 g/mol. The summed E-state index contributed by atoms with van der Waals surface area (Å²) in [4.78, 5) is 53.9. The standard InChI is InChI=1S/C34H28FN7O3S/c1-20(43)26-17-41(29-11-10-22(13-25(26)29)38-23-14-36-19-37-15-23)18-32(44)42-16-21(35)12-30(42)33(45)39-27-7-3-2-6-24(27)34-40-28-8-4-5-9-31(28)46-34/h2-11,13-15,17,19,21,30,38H,12,16,18H2,1H3,(H,39,45). The van der Waals surface area contributed by atoms with Crippen LogP contribution in [0.15, 0.2) is 91.6 Å². The molecule has 1 saturated heterocycles. The summed E-state index contributed by atoms with van der Waals surface area (Å²) in [6, 6.07) is 19.6. The zero-order valence-electron chi connectivity index (χ0n) is 24.7. The Morgan fingerprint density at radius 1 is 1.00 bits per heavy atom. The molecule has 10 nitrogen and oxygen atoms in total. The third-order valence-corrected chi connectivity index (χ3v) is 9.07. The van der Waals surface area contributed by atoms with Gasteiger partial charge in [-0.1, -0.05) is 24.3 Å². The van der Waals surface area contributed by atoms with Crippen LogP contribution in [0.5, 0.6) is 0 Å². The molecule has 2 N–H and O–H groups in total. The number of Topliss-reactive ketones (excluding diaryl/α,β-unsaturated/α-hetero) is 1. The van der Waals surface area contributed by atoms with Crippen LogP contribution in [-0.4, -0.2) is 60.8 Å². The van der Waals surface area contributed by atoms with Gasteiger partial charge in [0.25, 0.3) is 0 Å². The molecule has 1 fully saturated rings. The normalized spacial score (nSPS) is 16.2. The van der Waals surface area contributed by atoms with E-state index >= 15 is 0 Å². The molecule has 230 valence electrons. The van der Waals surface area contributed by atoms with Crippen molar-refractivity contribution in [1.29, 1.82) is 0 Å². The van der Waals surface area contributed by atoms with Gasteiger partial charge in [-0.05, 0) is 49.4 Å². The van der Waals surface area contributed by atoms with E-state index in [-0.39, 0.29) is 25.3 Å². The average Bonchev–Trinajstić information content (AvgIpc) is 3.77. The summed E-state index contributed by atoms with van der Waals surface area (Å²) in [5.74, 6) is -1.05. The Hall–Kier alpha value is -5.49. The van der Waals surface area contributed by atoms with Crippen molar-refractivity contribution in [2.24, 2.45) is 0 Å². The molecule has 0 bridgehead atoms. The molecular weight excluding hydrogens is 605 g/mol. The minimum Gasteiger partial charge on any atom is -0.353 e. The zero-order valence-corrected chi connectivity index (χ0v) is 25.5. The second-order valence-corrected chi connectivity index (χ2v) is 12.2. The number of fused-ring (bicyclic) bond motifs is 2. The number of anilines is 3. The Morgan fingerprint density at radius 2 is 1.78 bits per heavy atom. The monoisotopic (exact) mass is 633 g/mol. The van der Waals surface area contributed by atoms with Gasteiger partial charge in [0.05, 0.1) is 40.5 Å². The van der Waals surface area contributed by atoms with E-state index in [0.717, 1.165) is 26.5 Å². The van der Waals surface area contributed by atoms with E-state index in [9.17, 15) is 18.8 Å². The smallest absolute Gasteiger partial charge is 0.247 e. The highest BCUT2D eigenvalue weighted by atomic mass is 32.1. The number of benzene rings is 3. The van der Waals surface area contributed by atoms with Crippen LogP contribution in [0.2, 0.25) is 0 Å². The number of nitrogens with one attached hydrogen (secondary N) is 2.